The Balaban J connectivity index is 2.27. The van der Waals surface area contributed by atoms with Crippen LogP contribution in [0.15, 0.2) is 0 Å². The molecule has 0 radical (unpaired) electrons. The summed E-state index contributed by atoms with van der Waals surface area (Å²) in [5, 5.41) is 18.3. The second-order valence-electron chi connectivity index (χ2n) is 5.76. The zero-order chi connectivity index (χ0) is 15.4. The van der Waals surface area contributed by atoms with Crippen LogP contribution in [0.4, 0.5) is 5.82 Å². The molecule has 0 aromatic carbocycles. The molecule has 0 aliphatic carbocycles. The van der Waals surface area contributed by atoms with E-state index >= 15 is 0 Å². The van der Waals surface area contributed by atoms with E-state index in [1.807, 2.05) is 0 Å². The standard InChI is InChI=1S/C16H25N5/c1-5-13-14(11-17)16(19-18-15(13)6-2)21-9-7-20(8-10-21)12(3)4/h12H,5-10H2,1-4H3. The summed E-state index contributed by atoms with van der Waals surface area (Å²) in [6, 6.07) is 2.93. The molecule has 1 aromatic rings. The van der Waals surface area contributed by atoms with Gasteiger partial charge in [0.05, 0.1) is 5.69 Å². The number of aromatic nitrogens is 2. The van der Waals surface area contributed by atoms with Gasteiger partial charge in [-0.15, -0.1) is 5.10 Å². The summed E-state index contributed by atoms with van der Waals surface area (Å²) in [4.78, 5) is 4.67. The van der Waals surface area contributed by atoms with Crippen LogP contribution in [0, 0.1) is 11.3 Å². The average Bonchev–Trinajstić information content (AvgIpc) is 2.53. The SMILES string of the molecule is CCc1nnc(N2CCN(C(C)C)CC2)c(C#N)c1CC. The third-order valence-corrected chi connectivity index (χ3v) is 4.28. The molecule has 0 N–H and O–H groups in total. The topological polar surface area (TPSA) is 56.1 Å². The van der Waals surface area contributed by atoms with Gasteiger partial charge < -0.3 is 4.90 Å². The van der Waals surface area contributed by atoms with Crippen molar-refractivity contribution >= 4 is 5.82 Å². The number of hydrogen-bond acceptors (Lipinski definition) is 5. The molecular weight excluding hydrogens is 262 g/mol. The minimum atomic E-state index is 0.572. The van der Waals surface area contributed by atoms with Gasteiger partial charge in [0.15, 0.2) is 5.82 Å². The third-order valence-electron chi connectivity index (χ3n) is 4.28. The summed E-state index contributed by atoms with van der Waals surface area (Å²) in [7, 11) is 0. The monoisotopic (exact) mass is 287 g/mol. The van der Waals surface area contributed by atoms with Crippen LogP contribution in [-0.4, -0.2) is 47.3 Å². The van der Waals surface area contributed by atoms with Crippen molar-refractivity contribution in [1.29, 1.82) is 5.26 Å². The van der Waals surface area contributed by atoms with Crippen molar-refractivity contribution in [1.82, 2.24) is 15.1 Å². The van der Waals surface area contributed by atoms with Crippen LogP contribution in [0.5, 0.6) is 0 Å². The summed E-state index contributed by atoms with van der Waals surface area (Å²) in [6.45, 7) is 12.4. The first kappa shape index (κ1) is 15.7. The predicted molar refractivity (Wildman–Crippen MR) is 84.4 cm³/mol. The van der Waals surface area contributed by atoms with Gasteiger partial charge in [-0.05, 0) is 32.3 Å². The van der Waals surface area contributed by atoms with Gasteiger partial charge in [0.25, 0.3) is 0 Å². The highest BCUT2D eigenvalue weighted by Gasteiger charge is 2.24. The van der Waals surface area contributed by atoms with Crippen molar-refractivity contribution in [3.8, 4) is 6.07 Å². The van der Waals surface area contributed by atoms with E-state index in [1.54, 1.807) is 0 Å². The highest BCUT2D eigenvalue weighted by molar-refractivity contribution is 5.58. The van der Waals surface area contributed by atoms with Crippen molar-refractivity contribution in [2.45, 2.75) is 46.6 Å². The van der Waals surface area contributed by atoms with Crippen molar-refractivity contribution in [2.24, 2.45) is 0 Å². The Labute approximate surface area is 127 Å². The fraction of sp³-hybridized carbons (Fsp3) is 0.688. The second-order valence-corrected chi connectivity index (χ2v) is 5.76. The van der Waals surface area contributed by atoms with E-state index in [2.05, 4.69) is 53.8 Å². The van der Waals surface area contributed by atoms with Crippen molar-refractivity contribution in [3.63, 3.8) is 0 Å². The van der Waals surface area contributed by atoms with Crippen LogP contribution < -0.4 is 4.90 Å². The molecule has 0 spiro atoms. The van der Waals surface area contributed by atoms with Gasteiger partial charge in [-0.2, -0.15) is 10.4 Å². The van der Waals surface area contributed by atoms with E-state index in [4.69, 9.17) is 0 Å². The van der Waals surface area contributed by atoms with Gasteiger partial charge in [-0.25, -0.2) is 0 Å². The van der Waals surface area contributed by atoms with Crippen LogP contribution >= 0.6 is 0 Å². The Kier molecular flexibility index (Phi) is 5.13. The average molecular weight is 287 g/mol. The molecular formula is C16H25N5. The summed E-state index contributed by atoms with van der Waals surface area (Å²) < 4.78 is 0. The molecule has 0 unspecified atom stereocenters. The molecule has 2 rings (SSSR count). The largest absolute Gasteiger partial charge is 0.351 e. The van der Waals surface area contributed by atoms with Gasteiger partial charge in [-0.3, -0.25) is 4.90 Å². The fourth-order valence-electron chi connectivity index (χ4n) is 2.95. The maximum atomic E-state index is 9.57. The summed E-state index contributed by atoms with van der Waals surface area (Å²) in [5.41, 5.74) is 2.75. The smallest absolute Gasteiger partial charge is 0.169 e. The van der Waals surface area contributed by atoms with Gasteiger partial charge in [0, 0.05) is 32.2 Å². The van der Waals surface area contributed by atoms with Gasteiger partial charge >= 0.3 is 0 Å². The molecule has 1 aromatic heterocycles. The van der Waals surface area contributed by atoms with Gasteiger partial charge in [0.2, 0.25) is 0 Å². The molecule has 0 bridgehead atoms. The number of nitriles is 1. The number of rotatable bonds is 4. The third kappa shape index (κ3) is 3.16. The van der Waals surface area contributed by atoms with Crippen molar-refractivity contribution in [3.05, 3.63) is 16.8 Å². The van der Waals surface area contributed by atoms with Crippen LogP contribution in [0.2, 0.25) is 0 Å². The molecule has 114 valence electrons. The maximum Gasteiger partial charge on any atom is 0.169 e. The summed E-state index contributed by atoms with van der Waals surface area (Å²) >= 11 is 0. The second kappa shape index (κ2) is 6.86. The number of piperazine rings is 1. The normalized spacial score (nSPS) is 16.3. The molecule has 0 atom stereocenters. The Hall–Kier alpha value is -1.67. The Morgan fingerprint density at radius 2 is 1.76 bits per heavy atom. The molecule has 0 saturated carbocycles. The molecule has 2 heterocycles. The Morgan fingerprint density at radius 1 is 1.10 bits per heavy atom. The maximum absolute atomic E-state index is 9.57. The number of anilines is 1. The van der Waals surface area contributed by atoms with E-state index in [0.29, 0.717) is 6.04 Å². The van der Waals surface area contributed by atoms with Crippen molar-refractivity contribution < 1.29 is 0 Å². The van der Waals surface area contributed by atoms with E-state index in [1.165, 1.54) is 0 Å². The van der Waals surface area contributed by atoms with Crippen LogP contribution in [-0.2, 0) is 12.8 Å². The van der Waals surface area contributed by atoms with E-state index < -0.39 is 0 Å². The quantitative estimate of drug-likeness (QED) is 0.848. The van der Waals surface area contributed by atoms with Crippen LogP contribution in [0.25, 0.3) is 0 Å². The predicted octanol–water partition coefficient (Wildman–Crippen LogP) is 2.00. The van der Waals surface area contributed by atoms with Gasteiger partial charge in [0.1, 0.15) is 11.6 Å². The number of aryl methyl sites for hydroxylation is 1. The highest BCUT2D eigenvalue weighted by Crippen LogP contribution is 2.24. The van der Waals surface area contributed by atoms with Crippen LogP contribution in [0.3, 0.4) is 0 Å². The number of hydrogen-bond donors (Lipinski definition) is 0. The Bertz CT molecular complexity index is 524. The zero-order valence-electron chi connectivity index (χ0n) is 13.6. The Morgan fingerprint density at radius 3 is 2.24 bits per heavy atom. The first-order chi connectivity index (χ1) is 10.1. The fourth-order valence-corrected chi connectivity index (χ4v) is 2.95. The summed E-state index contributed by atoms with van der Waals surface area (Å²) in [5.74, 6) is 0.773. The minimum absolute atomic E-state index is 0.572. The lowest BCUT2D eigenvalue weighted by molar-refractivity contribution is 0.209. The van der Waals surface area contributed by atoms with Gasteiger partial charge in [-0.1, -0.05) is 13.8 Å². The first-order valence-corrected chi connectivity index (χ1v) is 7.89. The lowest BCUT2D eigenvalue weighted by atomic mass is 10.0. The van der Waals surface area contributed by atoms with Crippen LogP contribution in [0.1, 0.15) is 44.5 Å². The molecule has 1 aliphatic rings. The van der Waals surface area contributed by atoms with Crippen molar-refractivity contribution in [2.75, 3.05) is 31.1 Å². The molecule has 1 saturated heterocycles. The minimum Gasteiger partial charge on any atom is -0.351 e. The molecule has 1 aliphatic heterocycles. The molecule has 1 fully saturated rings. The summed E-state index contributed by atoms with van der Waals surface area (Å²) in [6.07, 6.45) is 1.66. The molecule has 0 amide bonds. The number of nitrogens with zero attached hydrogens (tertiary/aromatic N) is 5. The zero-order valence-corrected chi connectivity index (χ0v) is 13.6. The first-order valence-electron chi connectivity index (χ1n) is 7.89. The lowest BCUT2D eigenvalue weighted by Crippen LogP contribution is -2.49. The van der Waals surface area contributed by atoms with E-state index in [9.17, 15) is 5.26 Å². The molecule has 21 heavy (non-hydrogen) atoms. The highest BCUT2D eigenvalue weighted by atomic mass is 15.3. The molecule has 5 nitrogen and oxygen atoms in total. The molecule has 5 heteroatoms. The van der Waals surface area contributed by atoms with E-state index in [-0.39, 0.29) is 0 Å². The lowest BCUT2D eigenvalue weighted by Gasteiger charge is -2.37. The van der Waals surface area contributed by atoms with E-state index in [0.717, 1.165) is 61.7 Å².